The number of aliphatic hydroxyl groups excluding tert-OH is 1. The third-order valence-electron chi connectivity index (χ3n) is 3.00. The Balaban J connectivity index is 2.33. The summed E-state index contributed by atoms with van der Waals surface area (Å²) < 4.78 is 32.3. The van der Waals surface area contributed by atoms with Gasteiger partial charge in [0.15, 0.2) is 0 Å². The van der Waals surface area contributed by atoms with Crippen molar-refractivity contribution in [3.8, 4) is 0 Å². The molecule has 7 heteroatoms. The number of rotatable bonds is 3. The standard InChI is InChI=1S/C12H16BrNO4S/c1-9-7-14(4-5-18-9)19(16,17)12-3-2-10(8-15)6-11(12)13/h2-3,6,9,15H,4-5,7-8H2,1H3. The zero-order valence-electron chi connectivity index (χ0n) is 10.5. The van der Waals surface area contributed by atoms with Gasteiger partial charge in [0, 0.05) is 17.6 Å². The molecule has 1 aliphatic rings. The van der Waals surface area contributed by atoms with Crippen molar-refractivity contribution in [2.45, 2.75) is 24.5 Å². The molecule has 1 fully saturated rings. The molecule has 1 unspecified atom stereocenters. The maximum atomic E-state index is 12.5. The van der Waals surface area contributed by atoms with E-state index >= 15 is 0 Å². The van der Waals surface area contributed by atoms with Crippen LogP contribution in [0.1, 0.15) is 12.5 Å². The Morgan fingerprint density at radius 3 is 2.84 bits per heavy atom. The van der Waals surface area contributed by atoms with E-state index in [9.17, 15) is 8.42 Å². The van der Waals surface area contributed by atoms with E-state index in [0.717, 1.165) is 0 Å². The van der Waals surface area contributed by atoms with Crippen LogP contribution in [-0.4, -0.2) is 43.6 Å². The maximum absolute atomic E-state index is 12.5. The van der Waals surface area contributed by atoms with E-state index in [1.807, 2.05) is 6.92 Å². The van der Waals surface area contributed by atoms with Gasteiger partial charge in [-0.15, -0.1) is 0 Å². The lowest BCUT2D eigenvalue weighted by molar-refractivity contribution is 0.0102. The van der Waals surface area contributed by atoms with Gasteiger partial charge >= 0.3 is 0 Å². The first-order chi connectivity index (χ1) is 8.95. The Morgan fingerprint density at radius 2 is 2.26 bits per heavy atom. The van der Waals surface area contributed by atoms with Crippen LogP contribution in [0.5, 0.6) is 0 Å². The molecule has 1 N–H and O–H groups in total. The molecule has 19 heavy (non-hydrogen) atoms. The molecule has 0 spiro atoms. The Kier molecular flexibility index (Phi) is 4.62. The molecule has 106 valence electrons. The number of benzene rings is 1. The minimum absolute atomic E-state index is 0.0981. The van der Waals surface area contributed by atoms with Crippen molar-refractivity contribution in [1.82, 2.24) is 4.31 Å². The molecule has 1 aliphatic heterocycles. The van der Waals surface area contributed by atoms with Crippen LogP contribution in [0, 0.1) is 0 Å². The van der Waals surface area contributed by atoms with Gasteiger partial charge in [0.25, 0.3) is 0 Å². The van der Waals surface area contributed by atoms with Gasteiger partial charge in [-0.2, -0.15) is 4.31 Å². The van der Waals surface area contributed by atoms with Crippen LogP contribution in [0.3, 0.4) is 0 Å². The number of halogens is 1. The number of sulfonamides is 1. The van der Waals surface area contributed by atoms with Gasteiger partial charge in [0.2, 0.25) is 10.0 Å². The minimum Gasteiger partial charge on any atom is -0.392 e. The zero-order valence-corrected chi connectivity index (χ0v) is 12.9. The van der Waals surface area contributed by atoms with Crippen molar-refractivity contribution in [3.05, 3.63) is 28.2 Å². The summed E-state index contributed by atoms with van der Waals surface area (Å²) in [6, 6.07) is 4.75. The van der Waals surface area contributed by atoms with E-state index in [1.165, 1.54) is 10.4 Å². The van der Waals surface area contributed by atoms with Crippen molar-refractivity contribution in [2.24, 2.45) is 0 Å². The summed E-state index contributed by atoms with van der Waals surface area (Å²) >= 11 is 3.26. The second-order valence-electron chi connectivity index (χ2n) is 4.47. The third-order valence-corrected chi connectivity index (χ3v) is 5.84. The predicted molar refractivity (Wildman–Crippen MR) is 74.2 cm³/mol. The summed E-state index contributed by atoms with van der Waals surface area (Å²) in [5, 5.41) is 9.04. The van der Waals surface area contributed by atoms with E-state index in [4.69, 9.17) is 9.84 Å². The first kappa shape index (κ1) is 14.9. The molecule has 1 aromatic carbocycles. The van der Waals surface area contributed by atoms with Gasteiger partial charge in [-0.1, -0.05) is 6.07 Å². The summed E-state index contributed by atoms with van der Waals surface area (Å²) in [5.41, 5.74) is 0.668. The molecule has 1 aromatic rings. The SMILES string of the molecule is CC1CN(S(=O)(=O)c2ccc(CO)cc2Br)CCO1. The fourth-order valence-electron chi connectivity index (χ4n) is 2.00. The highest BCUT2D eigenvalue weighted by Gasteiger charge is 2.30. The predicted octanol–water partition coefficient (Wildman–Crippen LogP) is 1.35. The molecule has 2 rings (SSSR count). The van der Waals surface area contributed by atoms with Gasteiger partial charge < -0.3 is 9.84 Å². The molecular weight excluding hydrogens is 334 g/mol. The summed E-state index contributed by atoms with van der Waals surface area (Å²) in [7, 11) is -3.53. The Morgan fingerprint density at radius 1 is 1.53 bits per heavy atom. The molecule has 1 heterocycles. The van der Waals surface area contributed by atoms with Crippen molar-refractivity contribution in [3.63, 3.8) is 0 Å². The fraction of sp³-hybridized carbons (Fsp3) is 0.500. The molecule has 1 atom stereocenters. The van der Waals surface area contributed by atoms with Gasteiger partial charge in [0.1, 0.15) is 0 Å². The molecule has 0 bridgehead atoms. The van der Waals surface area contributed by atoms with Crippen LogP contribution < -0.4 is 0 Å². The monoisotopic (exact) mass is 349 g/mol. The van der Waals surface area contributed by atoms with Crippen molar-refractivity contribution < 1.29 is 18.3 Å². The van der Waals surface area contributed by atoms with Gasteiger partial charge in [-0.3, -0.25) is 0 Å². The minimum atomic E-state index is -3.53. The van der Waals surface area contributed by atoms with Crippen LogP contribution >= 0.6 is 15.9 Å². The average molecular weight is 350 g/mol. The smallest absolute Gasteiger partial charge is 0.244 e. The molecule has 1 saturated heterocycles. The van der Waals surface area contributed by atoms with Crippen molar-refractivity contribution in [1.29, 1.82) is 0 Å². The van der Waals surface area contributed by atoms with Crippen LogP contribution in [0.15, 0.2) is 27.6 Å². The first-order valence-corrected chi connectivity index (χ1v) is 8.19. The number of aliphatic hydroxyl groups is 1. The van der Waals surface area contributed by atoms with E-state index in [1.54, 1.807) is 12.1 Å². The summed E-state index contributed by atoms with van der Waals surface area (Å²) in [6.45, 7) is 2.86. The summed E-state index contributed by atoms with van der Waals surface area (Å²) in [6.07, 6.45) is -0.0981. The van der Waals surface area contributed by atoms with Crippen LogP contribution in [0.25, 0.3) is 0 Å². The van der Waals surface area contributed by atoms with E-state index in [2.05, 4.69) is 15.9 Å². The molecule has 0 aromatic heterocycles. The summed E-state index contributed by atoms with van der Waals surface area (Å²) in [5.74, 6) is 0. The lowest BCUT2D eigenvalue weighted by Gasteiger charge is -2.30. The molecule has 0 aliphatic carbocycles. The van der Waals surface area contributed by atoms with Crippen LogP contribution in [0.2, 0.25) is 0 Å². The topological polar surface area (TPSA) is 66.8 Å². The molecular formula is C12H16BrNO4S. The number of hydrogen-bond donors (Lipinski definition) is 1. The summed E-state index contributed by atoms with van der Waals surface area (Å²) in [4.78, 5) is 0.221. The van der Waals surface area contributed by atoms with Gasteiger partial charge in [-0.25, -0.2) is 8.42 Å². The van der Waals surface area contributed by atoms with Gasteiger partial charge in [0.05, 0.1) is 24.2 Å². The fourth-order valence-corrected chi connectivity index (χ4v) is 4.58. The molecule has 5 nitrogen and oxygen atoms in total. The van der Waals surface area contributed by atoms with Crippen LogP contribution in [-0.2, 0) is 21.4 Å². The molecule has 0 radical (unpaired) electrons. The lowest BCUT2D eigenvalue weighted by Crippen LogP contribution is -2.44. The normalized spacial score (nSPS) is 21.5. The highest BCUT2D eigenvalue weighted by atomic mass is 79.9. The second-order valence-corrected chi connectivity index (χ2v) is 7.23. The molecule has 0 amide bonds. The average Bonchev–Trinajstić information content (AvgIpc) is 2.38. The number of nitrogens with zero attached hydrogens (tertiary/aromatic N) is 1. The zero-order chi connectivity index (χ0) is 14.0. The lowest BCUT2D eigenvalue weighted by atomic mass is 10.2. The van der Waals surface area contributed by atoms with Crippen LogP contribution in [0.4, 0.5) is 0 Å². The van der Waals surface area contributed by atoms with Crippen molar-refractivity contribution in [2.75, 3.05) is 19.7 Å². The van der Waals surface area contributed by atoms with E-state index in [-0.39, 0.29) is 17.6 Å². The largest absolute Gasteiger partial charge is 0.392 e. The quantitative estimate of drug-likeness (QED) is 0.894. The third kappa shape index (κ3) is 3.17. The highest BCUT2D eigenvalue weighted by molar-refractivity contribution is 9.10. The first-order valence-electron chi connectivity index (χ1n) is 5.96. The number of hydrogen-bond acceptors (Lipinski definition) is 4. The maximum Gasteiger partial charge on any atom is 0.244 e. The number of ether oxygens (including phenoxy) is 1. The van der Waals surface area contributed by atoms with E-state index < -0.39 is 10.0 Å². The second kappa shape index (κ2) is 5.88. The number of morpholine rings is 1. The van der Waals surface area contributed by atoms with Crippen molar-refractivity contribution >= 4 is 26.0 Å². The van der Waals surface area contributed by atoms with Gasteiger partial charge in [-0.05, 0) is 40.5 Å². The Hall–Kier alpha value is -0.470. The highest BCUT2D eigenvalue weighted by Crippen LogP contribution is 2.27. The Bertz CT molecular complexity index is 561. The Labute approximate surface area is 121 Å². The molecule has 0 saturated carbocycles. The van der Waals surface area contributed by atoms with E-state index in [0.29, 0.717) is 29.7 Å².